The van der Waals surface area contributed by atoms with Crippen LogP contribution in [-0.4, -0.2) is 5.91 Å². The van der Waals surface area contributed by atoms with Gasteiger partial charge in [0.2, 0.25) is 5.91 Å². The largest absolute Gasteiger partial charge is 0.352 e. The fraction of sp³-hybridized carbons (Fsp3) is 0.438. The number of carbonyl (C=O) groups excluding carboxylic acids is 1. The summed E-state index contributed by atoms with van der Waals surface area (Å²) in [5.41, 5.74) is 4.04. The second-order valence-corrected chi connectivity index (χ2v) is 5.37. The van der Waals surface area contributed by atoms with Crippen LogP contribution < -0.4 is 5.32 Å². The van der Waals surface area contributed by atoms with Crippen LogP contribution in [0.2, 0.25) is 0 Å². The van der Waals surface area contributed by atoms with Gasteiger partial charge in [-0.05, 0) is 34.4 Å². The lowest BCUT2D eigenvalue weighted by Gasteiger charge is -2.15. The smallest absolute Gasteiger partial charge is 0.219 e. The third kappa shape index (κ3) is 1.76. The van der Waals surface area contributed by atoms with Crippen LogP contribution in [0.15, 0.2) is 24.3 Å². The molecule has 1 amide bonds. The Kier molecular flexibility index (Phi) is 2.73. The Hall–Kier alpha value is -1.57. The summed E-state index contributed by atoms with van der Waals surface area (Å²) < 4.78 is 0. The summed E-state index contributed by atoms with van der Waals surface area (Å²) in [6.07, 6.45) is 5.13. The molecule has 2 aliphatic carbocycles. The molecule has 2 aliphatic rings. The van der Waals surface area contributed by atoms with E-state index in [-0.39, 0.29) is 5.91 Å². The van der Waals surface area contributed by atoms with E-state index in [0.29, 0.717) is 18.9 Å². The zero-order valence-corrected chi connectivity index (χ0v) is 10.9. The maximum Gasteiger partial charge on any atom is 0.219 e. The van der Waals surface area contributed by atoms with E-state index >= 15 is 0 Å². The Morgan fingerprint density at radius 2 is 2.22 bits per heavy atom. The highest BCUT2D eigenvalue weighted by molar-refractivity contribution is 5.75. The molecule has 0 aliphatic heterocycles. The zero-order valence-electron chi connectivity index (χ0n) is 10.9. The lowest BCUT2D eigenvalue weighted by Crippen LogP contribution is -2.22. The highest BCUT2D eigenvalue weighted by Gasteiger charge is 2.48. The fourth-order valence-corrected chi connectivity index (χ4v) is 3.09. The molecule has 1 saturated carbocycles. The summed E-state index contributed by atoms with van der Waals surface area (Å²) in [6.45, 7) is 4.85. The van der Waals surface area contributed by atoms with Crippen LogP contribution in [0.3, 0.4) is 0 Å². The number of nitrogens with one attached hydrogen (secondary N) is 1. The molecular formula is C16H19NO. The number of carbonyl (C=O) groups is 1. The molecule has 0 heterocycles. The first kappa shape index (κ1) is 11.5. The summed E-state index contributed by atoms with van der Waals surface area (Å²) >= 11 is 0. The van der Waals surface area contributed by atoms with Crippen LogP contribution in [-0.2, 0) is 11.3 Å². The maximum atomic E-state index is 11.3. The maximum absolute atomic E-state index is 11.3. The van der Waals surface area contributed by atoms with Crippen molar-refractivity contribution in [2.45, 2.75) is 32.7 Å². The molecule has 18 heavy (non-hydrogen) atoms. The van der Waals surface area contributed by atoms with E-state index in [1.165, 1.54) is 16.7 Å². The molecular weight excluding hydrogens is 222 g/mol. The van der Waals surface area contributed by atoms with Crippen molar-refractivity contribution < 1.29 is 4.79 Å². The Balaban J connectivity index is 1.85. The second kappa shape index (κ2) is 4.27. The Labute approximate surface area is 108 Å². The van der Waals surface area contributed by atoms with Crippen LogP contribution in [0, 0.1) is 11.8 Å². The minimum atomic E-state index is 0.116. The van der Waals surface area contributed by atoms with Gasteiger partial charge in [-0.15, -0.1) is 0 Å². The molecule has 3 atom stereocenters. The van der Waals surface area contributed by atoms with Crippen molar-refractivity contribution in [1.29, 1.82) is 0 Å². The summed E-state index contributed by atoms with van der Waals surface area (Å²) in [5.74, 6) is 2.36. The van der Waals surface area contributed by atoms with E-state index in [2.05, 4.69) is 42.6 Å². The number of benzene rings is 1. The first-order chi connectivity index (χ1) is 8.72. The molecule has 1 aromatic carbocycles. The SMILES string of the molecule is CCC(=O)NCc1cccc2c1C=CC1C(C)C21. The first-order valence-electron chi connectivity index (χ1n) is 6.79. The Bertz CT molecular complexity index is 518. The number of hydrogen-bond acceptors (Lipinski definition) is 1. The van der Waals surface area contributed by atoms with E-state index in [1.807, 2.05) is 6.92 Å². The molecule has 94 valence electrons. The van der Waals surface area contributed by atoms with Gasteiger partial charge in [0.15, 0.2) is 0 Å². The van der Waals surface area contributed by atoms with Gasteiger partial charge in [-0.25, -0.2) is 0 Å². The normalized spacial score (nSPS) is 27.3. The molecule has 1 N–H and O–H groups in total. The summed E-state index contributed by atoms with van der Waals surface area (Å²) in [5, 5.41) is 2.97. The molecule has 0 bridgehead atoms. The van der Waals surface area contributed by atoms with Gasteiger partial charge in [0.25, 0.3) is 0 Å². The quantitative estimate of drug-likeness (QED) is 0.865. The average molecular weight is 241 g/mol. The molecule has 3 unspecified atom stereocenters. The molecule has 1 aromatic rings. The predicted molar refractivity (Wildman–Crippen MR) is 73.0 cm³/mol. The summed E-state index contributed by atoms with van der Waals surface area (Å²) in [6, 6.07) is 6.48. The van der Waals surface area contributed by atoms with Crippen molar-refractivity contribution >= 4 is 12.0 Å². The second-order valence-electron chi connectivity index (χ2n) is 5.37. The van der Waals surface area contributed by atoms with Gasteiger partial charge < -0.3 is 5.32 Å². The molecule has 0 saturated heterocycles. The van der Waals surface area contributed by atoms with Gasteiger partial charge in [-0.2, -0.15) is 0 Å². The van der Waals surface area contributed by atoms with E-state index in [9.17, 15) is 4.79 Å². The first-order valence-corrected chi connectivity index (χ1v) is 6.79. The van der Waals surface area contributed by atoms with Crippen LogP contribution in [0.1, 0.15) is 42.9 Å². The van der Waals surface area contributed by atoms with Gasteiger partial charge >= 0.3 is 0 Å². The van der Waals surface area contributed by atoms with E-state index < -0.39 is 0 Å². The topological polar surface area (TPSA) is 29.1 Å². The van der Waals surface area contributed by atoms with Gasteiger partial charge in [0, 0.05) is 13.0 Å². The van der Waals surface area contributed by atoms with Crippen LogP contribution in [0.5, 0.6) is 0 Å². The van der Waals surface area contributed by atoms with E-state index in [4.69, 9.17) is 0 Å². The van der Waals surface area contributed by atoms with Gasteiger partial charge in [0.1, 0.15) is 0 Å². The Morgan fingerprint density at radius 1 is 1.39 bits per heavy atom. The van der Waals surface area contributed by atoms with Gasteiger partial charge in [0.05, 0.1) is 0 Å². The predicted octanol–water partition coefficient (Wildman–Crippen LogP) is 3.09. The number of hydrogen-bond donors (Lipinski definition) is 1. The third-order valence-corrected chi connectivity index (χ3v) is 4.32. The number of allylic oxidation sites excluding steroid dienone is 1. The molecule has 2 nitrogen and oxygen atoms in total. The third-order valence-electron chi connectivity index (χ3n) is 4.32. The molecule has 0 radical (unpaired) electrons. The molecule has 0 spiro atoms. The van der Waals surface area contributed by atoms with Crippen molar-refractivity contribution in [3.05, 3.63) is 41.0 Å². The van der Waals surface area contributed by atoms with E-state index in [0.717, 1.165) is 11.8 Å². The van der Waals surface area contributed by atoms with Crippen molar-refractivity contribution in [2.24, 2.45) is 11.8 Å². The highest BCUT2D eigenvalue weighted by Crippen LogP contribution is 2.58. The summed E-state index contributed by atoms with van der Waals surface area (Å²) in [4.78, 5) is 11.3. The number of fused-ring (bicyclic) bond motifs is 3. The van der Waals surface area contributed by atoms with Crippen molar-refractivity contribution in [1.82, 2.24) is 5.32 Å². The van der Waals surface area contributed by atoms with Crippen LogP contribution >= 0.6 is 0 Å². The number of amides is 1. The fourth-order valence-electron chi connectivity index (χ4n) is 3.09. The lowest BCUT2D eigenvalue weighted by atomic mass is 9.93. The number of rotatable bonds is 3. The molecule has 3 rings (SSSR count). The van der Waals surface area contributed by atoms with Gasteiger partial charge in [-0.1, -0.05) is 44.2 Å². The minimum Gasteiger partial charge on any atom is -0.352 e. The summed E-state index contributed by atoms with van der Waals surface area (Å²) in [7, 11) is 0. The van der Waals surface area contributed by atoms with E-state index in [1.54, 1.807) is 0 Å². The molecule has 2 heteroatoms. The standard InChI is InChI=1S/C16H19NO/c1-3-15(18)17-9-11-5-4-6-14-13(11)8-7-12-10(2)16(12)14/h4-8,10,12,16H,3,9H2,1-2H3,(H,17,18). The average Bonchev–Trinajstić information content (AvgIpc) is 3.07. The highest BCUT2D eigenvalue weighted by atomic mass is 16.1. The monoisotopic (exact) mass is 241 g/mol. The lowest BCUT2D eigenvalue weighted by molar-refractivity contribution is -0.120. The zero-order chi connectivity index (χ0) is 12.7. The molecule has 0 aromatic heterocycles. The van der Waals surface area contributed by atoms with Crippen molar-refractivity contribution in [3.8, 4) is 0 Å². The molecule has 1 fully saturated rings. The van der Waals surface area contributed by atoms with Gasteiger partial charge in [-0.3, -0.25) is 4.79 Å². The van der Waals surface area contributed by atoms with Crippen LogP contribution in [0.4, 0.5) is 0 Å². The van der Waals surface area contributed by atoms with Crippen molar-refractivity contribution in [2.75, 3.05) is 0 Å². The minimum absolute atomic E-state index is 0.116. The van der Waals surface area contributed by atoms with Crippen molar-refractivity contribution in [3.63, 3.8) is 0 Å². The Morgan fingerprint density at radius 3 is 3.00 bits per heavy atom. The van der Waals surface area contributed by atoms with Crippen LogP contribution in [0.25, 0.3) is 6.08 Å².